The van der Waals surface area contributed by atoms with Gasteiger partial charge in [0.1, 0.15) is 0 Å². The first-order chi connectivity index (χ1) is 13.3. The fourth-order valence-electron chi connectivity index (χ4n) is 8.40. The van der Waals surface area contributed by atoms with Crippen molar-refractivity contribution in [2.75, 3.05) is 0 Å². The number of rotatable bonds is 4. The number of fused-ring (bicyclic) bond motifs is 5. The van der Waals surface area contributed by atoms with Crippen LogP contribution >= 0.6 is 0 Å². The van der Waals surface area contributed by atoms with E-state index in [2.05, 4.69) is 53.1 Å². The van der Waals surface area contributed by atoms with Crippen LogP contribution in [-0.4, -0.2) is 28.8 Å². The average Bonchev–Trinajstić information content (AvgIpc) is 2.89. The fourth-order valence-corrected chi connectivity index (χ4v) is 10.9. The molecule has 4 heteroatoms. The van der Waals surface area contributed by atoms with Crippen molar-refractivity contribution >= 4 is 16.6 Å². The summed E-state index contributed by atoms with van der Waals surface area (Å²) >= 11 is 0. The predicted octanol–water partition coefficient (Wildman–Crippen LogP) is 7.47. The number of hydrogen-bond acceptors (Lipinski definition) is 2. The van der Waals surface area contributed by atoms with Gasteiger partial charge in [-0.15, -0.1) is 0 Å². The fraction of sp³-hybridized carbons (Fsp3) is 1.00. The lowest BCUT2D eigenvalue weighted by atomic mass is 9.45. The minimum atomic E-state index is -1.47. The van der Waals surface area contributed by atoms with Crippen molar-refractivity contribution in [1.29, 1.82) is 0 Å². The van der Waals surface area contributed by atoms with Gasteiger partial charge in [-0.3, -0.25) is 0 Å². The second kappa shape index (κ2) is 7.45. The highest BCUT2D eigenvalue weighted by Crippen LogP contribution is 2.66. The van der Waals surface area contributed by atoms with E-state index < -0.39 is 16.6 Å². The molecule has 2 nitrogen and oxygen atoms in total. The summed E-state index contributed by atoms with van der Waals surface area (Å²) in [5.41, 5.74) is 1.02. The molecule has 4 aliphatic carbocycles. The molecule has 0 spiro atoms. The molecule has 0 bridgehead atoms. The molecule has 0 amide bonds. The van der Waals surface area contributed by atoms with Crippen LogP contribution < -0.4 is 0 Å². The maximum Gasteiger partial charge on any atom is 0.184 e. The molecule has 0 heterocycles. The summed E-state index contributed by atoms with van der Waals surface area (Å²) in [6, 6.07) is 0. The van der Waals surface area contributed by atoms with Gasteiger partial charge < -0.3 is 8.85 Å². The van der Waals surface area contributed by atoms with E-state index in [1.54, 1.807) is 0 Å². The maximum absolute atomic E-state index is 6.77. The molecule has 0 aromatic heterocycles. The van der Waals surface area contributed by atoms with Gasteiger partial charge in [0.2, 0.25) is 0 Å². The van der Waals surface area contributed by atoms with Crippen LogP contribution in [-0.2, 0) is 8.85 Å². The Labute approximate surface area is 183 Å². The van der Waals surface area contributed by atoms with Crippen LogP contribution in [0.15, 0.2) is 0 Å². The van der Waals surface area contributed by atoms with Gasteiger partial charge in [-0.25, -0.2) is 0 Å². The van der Waals surface area contributed by atoms with E-state index in [4.69, 9.17) is 8.85 Å². The Bertz CT molecular complexity index is 609. The standard InChI is InChI=1S/C25H48O2Si2/c1-24-15-13-19(26-28(3,4)5)17-18(24)9-10-20-21-11-12-23(27-29(6,7)8)25(21,2)16-14-22(20)24/h18-23H,9-17H2,1-8H3/t18-,19+,20-,21-,22-,23+,24-,25-/m0/s1. The summed E-state index contributed by atoms with van der Waals surface area (Å²) in [4.78, 5) is 0. The van der Waals surface area contributed by atoms with E-state index in [1.807, 2.05) is 0 Å². The van der Waals surface area contributed by atoms with E-state index in [-0.39, 0.29) is 0 Å². The first-order valence-corrected chi connectivity index (χ1v) is 19.5. The molecule has 29 heavy (non-hydrogen) atoms. The lowest BCUT2D eigenvalue weighted by Crippen LogP contribution is -2.55. The Morgan fingerprint density at radius 1 is 0.655 bits per heavy atom. The van der Waals surface area contributed by atoms with Crippen LogP contribution in [0.5, 0.6) is 0 Å². The highest BCUT2D eigenvalue weighted by molar-refractivity contribution is 6.70. The Balaban J connectivity index is 1.49. The Hall–Kier alpha value is 0.354. The van der Waals surface area contributed by atoms with Gasteiger partial charge in [0, 0.05) is 6.10 Å². The smallest absolute Gasteiger partial charge is 0.184 e. The topological polar surface area (TPSA) is 18.5 Å². The normalized spacial score (nSPS) is 48.0. The predicted molar refractivity (Wildman–Crippen MR) is 128 cm³/mol. The molecular formula is C25H48O2Si2. The third-order valence-corrected chi connectivity index (χ3v) is 11.6. The van der Waals surface area contributed by atoms with E-state index in [1.165, 1.54) is 57.8 Å². The highest BCUT2D eigenvalue weighted by Gasteiger charge is 2.60. The molecule has 0 radical (unpaired) electrons. The quantitative estimate of drug-likeness (QED) is 0.425. The van der Waals surface area contributed by atoms with Crippen molar-refractivity contribution in [3.8, 4) is 0 Å². The zero-order valence-corrected chi connectivity index (χ0v) is 22.6. The monoisotopic (exact) mass is 436 g/mol. The van der Waals surface area contributed by atoms with Crippen molar-refractivity contribution in [2.45, 2.75) is 123 Å². The SMILES string of the molecule is C[C@]12CC[C@@H](O[Si](C)(C)C)C[C@@H]1CC[C@@H]1[C@@H]2CC[C@]2(C)[C@H](O[Si](C)(C)C)CC[C@@H]12. The Kier molecular flexibility index (Phi) is 5.79. The summed E-state index contributed by atoms with van der Waals surface area (Å²) in [6.07, 6.45) is 13.7. The van der Waals surface area contributed by atoms with Gasteiger partial charge in [0.15, 0.2) is 16.6 Å². The van der Waals surface area contributed by atoms with Crippen LogP contribution in [0.4, 0.5) is 0 Å². The summed E-state index contributed by atoms with van der Waals surface area (Å²) < 4.78 is 13.3. The second-order valence-corrected chi connectivity index (χ2v) is 22.5. The van der Waals surface area contributed by atoms with Crippen molar-refractivity contribution in [1.82, 2.24) is 0 Å². The lowest BCUT2D eigenvalue weighted by Gasteiger charge is -2.61. The first kappa shape index (κ1) is 22.5. The zero-order chi connectivity index (χ0) is 21.2. The zero-order valence-electron chi connectivity index (χ0n) is 20.6. The van der Waals surface area contributed by atoms with E-state index >= 15 is 0 Å². The summed E-state index contributed by atoms with van der Waals surface area (Å²) in [7, 11) is -2.90. The third-order valence-electron chi connectivity index (χ3n) is 9.55. The Morgan fingerprint density at radius 2 is 1.28 bits per heavy atom. The molecule has 0 aromatic carbocycles. The van der Waals surface area contributed by atoms with Gasteiger partial charge in [-0.1, -0.05) is 13.8 Å². The average molecular weight is 437 g/mol. The van der Waals surface area contributed by atoms with E-state index in [0.29, 0.717) is 23.0 Å². The highest BCUT2D eigenvalue weighted by atomic mass is 28.4. The van der Waals surface area contributed by atoms with Crippen LogP contribution in [0.3, 0.4) is 0 Å². The molecule has 0 saturated heterocycles. The van der Waals surface area contributed by atoms with Crippen molar-refractivity contribution in [3.05, 3.63) is 0 Å². The van der Waals surface area contributed by atoms with Crippen LogP contribution in [0.2, 0.25) is 39.3 Å². The molecule has 0 aromatic rings. The van der Waals surface area contributed by atoms with Crippen molar-refractivity contribution in [3.63, 3.8) is 0 Å². The summed E-state index contributed by atoms with van der Waals surface area (Å²) in [6.45, 7) is 19.5. The summed E-state index contributed by atoms with van der Waals surface area (Å²) in [5, 5.41) is 0. The molecule has 4 rings (SSSR count). The van der Waals surface area contributed by atoms with Gasteiger partial charge in [0.05, 0.1) is 6.10 Å². The summed E-state index contributed by atoms with van der Waals surface area (Å²) in [5.74, 6) is 3.73. The van der Waals surface area contributed by atoms with Gasteiger partial charge in [-0.05, 0) is 132 Å². The van der Waals surface area contributed by atoms with Crippen LogP contribution in [0.1, 0.15) is 71.6 Å². The molecule has 4 saturated carbocycles. The Morgan fingerprint density at radius 3 is 1.93 bits per heavy atom. The molecule has 0 unspecified atom stereocenters. The molecule has 0 N–H and O–H groups in total. The van der Waals surface area contributed by atoms with Gasteiger partial charge in [-0.2, -0.15) is 0 Å². The lowest BCUT2D eigenvalue weighted by molar-refractivity contribution is -0.130. The maximum atomic E-state index is 6.77. The molecular weight excluding hydrogens is 388 g/mol. The number of hydrogen-bond donors (Lipinski definition) is 0. The van der Waals surface area contributed by atoms with Gasteiger partial charge in [0.25, 0.3) is 0 Å². The van der Waals surface area contributed by atoms with Crippen LogP contribution in [0.25, 0.3) is 0 Å². The van der Waals surface area contributed by atoms with Gasteiger partial charge >= 0.3 is 0 Å². The molecule has 8 atom stereocenters. The van der Waals surface area contributed by atoms with E-state index in [9.17, 15) is 0 Å². The molecule has 168 valence electrons. The molecule has 4 aliphatic rings. The third kappa shape index (κ3) is 4.21. The largest absolute Gasteiger partial charge is 0.415 e. The van der Waals surface area contributed by atoms with Crippen molar-refractivity contribution < 1.29 is 8.85 Å². The van der Waals surface area contributed by atoms with Crippen molar-refractivity contribution in [2.24, 2.45) is 34.5 Å². The first-order valence-electron chi connectivity index (χ1n) is 12.7. The molecule has 0 aliphatic heterocycles. The second-order valence-electron chi connectivity index (χ2n) is 13.6. The minimum absolute atomic E-state index is 0.447. The minimum Gasteiger partial charge on any atom is -0.415 e. The van der Waals surface area contributed by atoms with E-state index in [0.717, 1.165) is 23.7 Å². The molecule has 4 fully saturated rings. The van der Waals surface area contributed by atoms with Crippen LogP contribution in [0, 0.1) is 34.5 Å².